The van der Waals surface area contributed by atoms with Gasteiger partial charge in [-0.15, -0.1) is 0 Å². The van der Waals surface area contributed by atoms with Gasteiger partial charge < -0.3 is 21.7 Å². The molecule has 0 spiro atoms. The molecule has 25 heavy (non-hydrogen) atoms. The summed E-state index contributed by atoms with van der Waals surface area (Å²) in [6, 6.07) is -1.90. The first kappa shape index (κ1) is 18.9. The van der Waals surface area contributed by atoms with Crippen molar-refractivity contribution in [1.82, 2.24) is 10.2 Å². The number of ketones is 1. The van der Waals surface area contributed by atoms with Crippen molar-refractivity contribution >= 4 is 29.4 Å². The van der Waals surface area contributed by atoms with Crippen molar-refractivity contribution in [1.29, 1.82) is 0 Å². The van der Waals surface area contributed by atoms with Gasteiger partial charge in [0.25, 0.3) is 0 Å². The first-order valence-electron chi connectivity index (χ1n) is 8.41. The van der Waals surface area contributed by atoms with Gasteiger partial charge in [-0.3, -0.25) is 24.0 Å². The molecule has 1 aliphatic carbocycles. The zero-order valence-corrected chi connectivity index (χ0v) is 14.2. The van der Waals surface area contributed by atoms with Crippen LogP contribution in [-0.4, -0.2) is 52.9 Å². The molecule has 1 heterocycles. The molecular weight excluding hydrogens is 328 g/mol. The molecule has 138 valence electrons. The van der Waals surface area contributed by atoms with E-state index in [-0.39, 0.29) is 24.5 Å². The average molecular weight is 352 g/mol. The number of primary amides is 2. The van der Waals surface area contributed by atoms with Crippen LogP contribution >= 0.6 is 0 Å². The molecule has 0 aromatic carbocycles. The molecule has 2 aliphatic rings. The summed E-state index contributed by atoms with van der Waals surface area (Å²) in [5, 5.41) is 2.54. The van der Waals surface area contributed by atoms with Crippen LogP contribution in [0.2, 0.25) is 0 Å². The summed E-state index contributed by atoms with van der Waals surface area (Å²) in [4.78, 5) is 60.8. The van der Waals surface area contributed by atoms with E-state index in [1.807, 2.05) is 0 Å². The molecular formula is C16H24N4O5. The third kappa shape index (κ3) is 4.34. The number of Topliss-reactive ketones (excluding diaryl/α,β-unsaturated/α-hetero) is 1. The van der Waals surface area contributed by atoms with Crippen molar-refractivity contribution in [2.75, 3.05) is 6.54 Å². The highest BCUT2D eigenvalue weighted by molar-refractivity contribution is 5.96. The third-order valence-electron chi connectivity index (χ3n) is 4.91. The summed E-state index contributed by atoms with van der Waals surface area (Å²) >= 11 is 0. The van der Waals surface area contributed by atoms with Gasteiger partial charge in [-0.2, -0.15) is 0 Å². The van der Waals surface area contributed by atoms with Gasteiger partial charge in [0.15, 0.2) is 0 Å². The van der Waals surface area contributed by atoms with Crippen molar-refractivity contribution in [2.45, 2.75) is 51.1 Å². The van der Waals surface area contributed by atoms with Crippen LogP contribution in [0.15, 0.2) is 0 Å². The first-order valence-corrected chi connectivity index (χ1v) is 8.41. The topological polar surface area (TPSA) is 153 Å². The molecule has 0 aromatic heterocycles. The second-order valence-corrected chi connectivity index (χ2v) is 6.85. The maximum atomic E-state index is 12.7. The molecule has 9 heteroatoms. The fourth-order valence-electron chi connectivity index (χ4n) is 3.59. The molecule has 4 amide bonds. The molecule has 0 aromatic rings. The molecule has 0 bridgehead atoms. The third-order valence-corrected chi connectivity index (χ3v) is 4.91. The standard InChI is InChI=1S/C16H24N4O5/c1-8-5-9(21)6-10(8)15(24)19-11(7-13(17)22)16(25)20-4-2-3-12(20)14(18)23/h8,10-12H,2-7H2,1H3,(H2,17,22)(H2,18,23)(H,19,24)/t8-,10+,11-,12-/m0/s1. The van der Waals surface area contributed by atoms with Gasteiger partial charge in [-0.1, -0.05) is 6.92 Å². The van der Waals surface area contributed by atoms with E-state index in [9.17, 15) is 24.0 Å². The quantitative estimate of drug-likeness (QED) is 0.527. The largest absolute Gasteiger partial charge is 0.370 e. The average Bonchev–Trinajstić information content (AvgIpc) is 3.11. The van der Waals surface area contributed by atoms with Crippen LogP contribution in [0.3, 0.4) is 0 Å². The number of rotatable bonds is 6. The monoisotopic (exact) mass is 352 g/mol. The minimum Gasteiger partial charge on any atom is -0.370 e. The van der Waals surface area contributed by atoms with Gasteiger partial charge in [0.1, 0.15) is 17.9 Å². The predicted molar refractivity (Wildman–Crippen MR) is 86.6 cm³/mol. The Hall–Kier alpha value is -2.45. The van der Waals surface area contributed by atoms with Gasteiger partial charge in [0.2, 0.25) is 23.6 Å². The summed E-state index contributed by atoms with van der Waals surface area (Å²) in [7, 11) is 0. The molecule has 0 unspecified atom stereocenters. The highest BCUT2D eigenvalue weighted by atomic mass is 16.2. The van der Waals surface area contributed by atoms with E-state index in [0.717, 1.165) is 0 Å². The molecule has 9 nitrogen and oxygen atoms in total. The second-order valence-electron chi connectivity index (χ2n) is 6.85. The normalized spacial score (nSPS) is 27.2. The smallest absolute Gasteiger partial charge is 0.246 e. The van der Waals surface area contributed by atoms with Crippen LogP contribution in [-0.2, 0) is 24.0 Å². The van der Waals surface area contributed by atoms with E-state index < -0.39 is 41.6 Å². The lowest BCUT2D eigenvalue weighted by Gasteiger charge is -2.28. The Kier molecular flexibility index (Phi) is 5.76. The van der Waals surface area contributed by atoms with Crippen LogP contribution in [0.1, 0.15) is 39.0 Å². The van der Waals surface area contributed by atoms with E-state index in [1.165, 1.54) is 4.90 Å². The number of carbonyl (C=O) groups excluding carboxylic acids is 5. The number of hydrogen-bond donors (Lipinski definition) is 3. The second kappa shape index (κ2) is 7.62. The first-order chi connectivity index (χ1) is 11.7. The van der Waals surface area contributed by atoms with Crippen molar-refractivity contribution < 1.29 is 24.0 Å². The Labute approximate surface area is 145 Å². The number of carbonyl (C=O) groups is 5. The Balaban J connectivity index is 2.11. The molecule has 1 saturated heterocycles. The maximum Gasteiger partial charge on any atom is 0.246 e. The Morgan fingerprint density at radius 3 is 2.44 bits per heavy atom. The Bertz CT molecular complexity index is 605. The fraction of sp³-hybridized carbons (Fsp3) is 0.688. The molecule has 0 radical (unpaired) electrons. The van der Waals surface area contributed by atoms with Crippen molar-refractivity contribution in [3.8, 4) is 0 Å². The summed E-state index contributed by atoms with van der Waals surface area (Å²) in [5.74, 6) is -3.02. The summed E-state index contributed by atoms with van der Waals surface area (Å²) in [6.07, 6.45) is 1.14. The zero-order chi connectivity index (χ0) is 18.7. The summed E-state index contributed by atoms with van der Waals surface area (Å²) < 4.78 is 0. The van der Waals surface area contributed by atoms with E-state index in [4.69, 9.17) is 11.5 Å². The molecule has 2 fully saturated rings. The molecule has 2 rings (SSSR count). The predicted octanol–water partition coefficient (Wildman–Crippen LogP) is -1.56. The number of nitrogens with zero attached hydrogens (tertiary/aromatic N) is 1. The zero-order valence-electron chi connectivity index (χ0n) is 14.2. The molecule has 1 saturated carbocycles. The van der Waals surface area contributed by atoms with E-state index in [0.29, 0.717) is 25.8 Å². The van der Waals surface area contributed by atoms with Gasteiger partial charge in [0, 0.05) is 25.3 Å². The van der Waals surface area contributed by atoms with Crippen LogP contribution in [0, 0.1) is 11.8 Å². The number of amides is 4. The SMILES string of the molecule is C[C@H]1CC(=O)C[C@H]1C(=O)N[C@@H](CC(N)=O)C(=O)N1CCC[C@H]1C(N)=O. The Morgan fingerprint density at radius 2 is 1.92 bits per heavy atom. The highest BCUT2D eigenvalue weighted by Gasteiger charge is 2.40. The Morgan fingerprint density at radius 1 is 1.24 bits per heavy atom. The van der Waals surface area contributed by atoms with Crippen molar-refractivity contribution in [3.05, 3.63) is 0 Å². The number of nitrogens with one attached hydrogen (secondary N) is 1. The van der Waals surface area contributed by atoms with Crippen LogP contribution < -0.4 is 16.8 Å². The molecule has 4 atom stereocenters. The summed E-state index contributed by atoms with van der Waals surface area (Å²) in [6.45, 7) is 2.12. The minimum absolute atomic E-state index is 0.00115. The van der Waals surface area contributed by atoms with E-state index in [1.54, 1.807) is 6.92 Å². The lowest BCUT2D eigenvalue weighted by Crippen LogP contribution is -2.54. The maximum absolute atomic E-state index is 12.7. The van der Waals surface area contributed by atoms with Crippen LogP contribution in [0.25, 0.3) is 0 Å². The highest BCUT2D eigenvalue weighted by Crippen LogP contribution is 2.29. The molecule has 5 N–H and O–H groups in total. The van der Waals surface area contributed by atoms with Crippen molar-refractivity contribution in [3.63, 3.8) is 0 Å². The summed E-state index contributed by atoms with van der Waals surface area (Å²) in [5.41, 5.74) is 10.5. The van der Waals surface area contributed by atoms with Gasteiger partial charge in [-0.25, -0.2) is 0 Å². The van der Waals surface area contributed by atoms with Crippen LogP contribution in [0.5, 0.6) is 0 Å². The van der Waals surface area contributed by atoms with E-state index >= 15 is 0 Å². The fourth-order valence-corrected chi connectivity index (χ4v) is 3.59. The van der Waals surface area contributed by atoms with Gasteiger partial charge in [0.05, 0.1) is 6.42 Å². The number of nitrogens with two attached hydrogens (primary N) is 2. The lowest BCUT2D eigenvalue weighted by atomic mass is 9.96. The number of likely N-dealkylation sites (tertiary alicyclic amines) is 1. The van der Waals surface area contributed by atoms with Crippen molar-refractivity contribution in [2.24, 2.45) is 23.3 Å². The van der Waals surface area contributed by atoms with Gasteiger partial charge in [-0.05, 0) is 18.8 Å². The van der Waals surface area contributed by atoms with E-state index in [2.05, 4.69) is 5.32 Å². The number of hydrogen-bond acceptors (Lipinski definition) is 5. The lowest BCUT2D eigenvalue weighted by molar-refractivity contribution is -0.142. The van der Waals surface area contributed by atoms with Gasteiger partial charge >= 0.3 is 0 Å². The minimum atomic E-state index is -1.16. The van der Waals surface area contributed by atoms with Crippen LogP contribution in [0.4, 0.5) is 0 Å². The molecule has 1 aliphatic heterocycles.